The Morgan fingerprint density at radius 2 is 2.00 bits per heavy atom. The van der Waals surface area contributed by atoms with Gasteiger partial charge in [0.15, 0.2) is 0 Å². The molecule has 2 rings (SSSR count). The minimum Gasteiger partial charge on any atom is -0.496 e. The Bertz CT molecular complexity index is 411. The average molecular weight is 254 g/mol. The highest BCUT2D eigenvalue weighted by atomic mass is 35.5. The van der Waals surface area contributed by atoms with Crippen molar-refractivity contribution in [2.75, 3.05) is 7.11 Å². The van der Waals surface area contributed by atoms with Gasteiger partial charge in [0.1, 0.15) is 5.75 Å². The first-order chi connectivity index (χ1) is 8.10. The minimum absolute atomic E-state index is 0.205. The van der Waals surface area contributed by atoms with Gasteiger partial charge in [0.2, 0.25) is 0 Å². The van der Waals surface area contributed by atoms with Crippen LogP contribution in [-0.4, -0.2) is 7.11 Å². The summed E-state index contributed by atoms with van der Waals surface area (Å²) >= 11 is 6.32. The van der Waals surface area contributed by atoms with E-state index in [0.717, 1.165) is 41.2 Å². The Balaban J connectivity index is 2.46. The van der Waals surface area contributed by atoms with Crippen molar-refractivity contribution in [3.63, 3.8) is 0 Å². The molecule has 1 fully saturated rings. The lowest BCUT2D eigenvalue weighted by Crippen LogP contribution is -2.33. The molecule has 0 heterocycles. The van der Waals surface area contributed by atoms with Gasteiger partial charge in [-0.3, -0.25) is 0 Å². The van der Waals surface area contributed by atoms with E-state index in [-0.39, 0.29) is 5.54 Å². The molecule has 17 heavy (non-hydrogen) atoms. The molecule has 0 unspecified atom stereocenters. The molecule has 0 saturated heterocycles. The lowest BCUT2D eigenvalue weighted by Gasteiger charge is -2.25. The maximum Gasteiger partial charge on any atom is 0.123 e. The van der Waals surface area contributed by atoms with Crippen LogP contribution in [0.1, 0.15) is 43.7 Å². The zero-order chi connectivity index (χ0) is 12.5. The molecule has 1 aromatic rings. The number of hydrogen-bond acceptors (Lipinski definition) is 2. The Labute approximate surface area is 108 Å². The van der Waals surface area contributed by atoms with Crippen molar-refractivity contribution in [1.29, 1.82) is 0 Å². The number of ether oxygens (including phenoxy) is 1. The first kappa shape index (κ1) is 12.7. The summed E-state index contributed by atoms with van der Waals surface area (Å²) in [4.78, 5) is 0. The van der Waals surface area contributed by atoms with Crippen LogP contribution in [0.2, 0.25) is 5.02 Å². The Kier molecular flexibility index (Phi) is 3.64. The fourth-order valence-electron chi connectivity index (χ4n) is 2.72. The highest BCUT2D eigenvalue weighted by Gasteiger charge is 2.32. The number of halogens is 1. The van der Waals surface area contributed by atoms with Gasteiger partial charge in [-0.25, -0.2) is 0 Å². The molecule has 2 nitrogen and oxygen atoms in total. The standard InChI is InChI=1S/C14H20ClNO/c1-3-11-12(15)8-10(9-13(11)17-2)14(16)6-4-5-7-14/h8-9H,3-7,16H2,1-2H3. The van der Waals surface area contributed by atoms with E-state index in [1.54, 1.807) is 7.11 Å². The number of nitrogens with two attached hydrogens (primary N) is 1. The van der Waals surface area contributed by atoms with Gasteiger partial charge in [-0.05, 0) is 37.0 Å². The summed E-state index contributed by atoms with van der Waals surface area (Å²) in [6, 6.07) is 4.09. The predicted octanol–water partition coefficient (Wildman–Crippen LogP) is 3.64. The molecule has 0 radical (unpaired) electrons. The highest BCUT2D eigenvalue weighted by Crippen LogP contribution is 2.40. The third-order valence-corrected chi connectivity index (χ3v) is 4.14. The van der Waals surface area contributed by atoms with Crippen molar-refractivity contribution >= 4 is 11.6 Å². The minimum atomic E-state index is -0.205. The van der Waals surface area contributed by atoms with E-state index in [1.807, 2.05) is 6.07 Å². The van der Waals surface area contributed by atoms with Crippen LogP contribution in [0.3, 0.4) is 0 Å². The fraction of sp³-hybridized carbons (Fsp3) is 0.571. The largest absolute Gasteiger partial charge is 0.496 e. The maximum atomic E-state index is 6.45. The van der Waals surface area contributed by atoms with E-state index in [9.17, 15) is 0 Å². The van der Waals surface area contributed by atoms with Gasteiger partial charge in [0.25, 0.3) is 0 Å². The number of rotatable bonds is 3. The smallest absolute Gasteiger partial charge is 0.123 e. The van der Waals surface area contributed by atoms with Crippen molar-refractivity contribution in [3.05, 3.63) is 28.3 Å². The van der Waals surface area contributed by atoms with E-state index < -0.39 is 0 Å². The third-order valence-electron chi connectivity index (χ3n) is 3.80. The molecular weight excluding hydrogens is 234 g/mol. The van der Waals surface area contributed by atoms with Crippen molar-refractivity contribution in [2.45, 2.75) is 44.6 Å². The van der Waals surface area contributed by atoms with Crippen molar-refractivity contribution in [2.24, 2.45) is 5.73 Å². The summed E-state index contributed by atoms with van der Waals surface area (Å²) in [6.45, 7) is 2.08. The highest BCUT2D eigenvalue weighted by molar-refractivity contribution is 6.31. The van der Waals surface area contributed by atoms with Crippen molar-refractivity contribution in [1.82, 2.24) is 0 Å². The zero-order valence-corrected chi connectivity index (χ0v) is 11.3. The van der Waals surface area contributed by atoms with Crippen LogP contribution >= 0.6 is 11.6 Å². The summed E-state index contributed by atoms with van der Waals surface area (Å²) in [7, 11) is 1.69. The van der Waals surface area contributed by atoms with Crippen LogP contribution in [0, 0.1) is 0 Å². The Morgan fingerprint density at radius 1 is 1.35 bits per heavy atom. The first-order valence-electron chi connectivity index (χ1n) is 6.26. The normalized spacial score (nSPS) is 18.4. The SMILES string of the molecule is CCc1c(Cl)cc(C2(N)CCCC2)cc1OC. The van der Waals surface area contributed by atoms with Gasteiger partial charge >= 0.3 is 0 Å². The molecule has 1 aliphatic carbocycles. The summed E-state index contributed by atoms with van der Waals surface area (Å²) < 4.78 is 5.42. The fourth-order valence-corrected chi connectivity index (χ4v) is 3.06. The number of methoxy groups -OCH3 is 1. The zero-order valence-electron chi connectivity index (χ0n) is 10.6. The molecule has 1 aromatic carbocycles. The van der Waals surface area contributed by atoms with Crippen molar-refractivity contribution in [3.8, 4) is 5.75 Å². The van der Waals surface area contributed by atoms with E-state index >= 15 is 0 Å². The lowest BCUT2D eigenvalue weighted by atomic mass is 9.88. The third kappa shape index (κ3) is 2.29. The molecule has 0 spiro atoms. The van der Waals surface area contributed by atoms with Gasteiger partial charge < -0.3 is 10.5 Å². The summed E-state index contributed by atoms with van der Waals surface area (Å²) in [5.41, 5.74) is 8.43. The summed E-state index contributed by atoms with van der Waals surface area (Å²) in [5, 5.41) is 0.776. The van der Waals surface area contributed by atoms with Gasteiger partial charge in [0.05, 0.1) is 7.11 Å². The van der Waals surface area contributed by atoms with Gasteiger partial charge in [-0.1, -0.05) is 31.4 Å². The van der Waals surface area contributed by atoms with Gasteiger partial charge in [0, 0.05) is 16.1 Å². The molecule has 1 aliphatic rings. The van der Waals surface area contributed by atoms with E-state index in [2.05, 4.69) is 13.0 Å². The molecule has 0 bridgehead atoms. The van der Waals surface area contributed by atoms with Crippen LogP contribution in [0.4, 0.5) is 0 Å². The second-order valence-corrected chi connectivity index (χ2v) is 5.26. The number of benzene rings is 1. The summed E-state index contributed by atoms with van der Waals surface area (Å²) in [6.07, 6.45) is 5.35. The summed E-state index contributed by atoms with van der Waals surface area (Å²) in [5.74, 6) is 0.867. The predicted molar refractivity (Wildman–Crippen MR) is 71.7 cm³/mol. The van der Waals surface area contributed by atoms with E-state index in [0.29, 0.717) is 0 Å². The van der Waals surface area contributed by atoms with Crippen LogP contribution in [-0.2, 0) is 12.0 Å². The van der Waals surface area contributed by atoms with Crippen LogP contribution < -0.4 is 10.5 Å². The molecule has 0 amide bonds. The second-order valence-electron chi connectivity index (χ2n) is 4.86. The van der Waals surface area contributed by atoms with Crippen LogP contribution in [0.5, 0.6) is 5.75 Å². The average Bonchev–Trinajstić information content (AvgIpc) is 2.76. The molecule has 1 saturated carbocycles. The Morgan fingerprint density at radius 3 is 2.53 bits per heavy atom. The Hall–Kier alpha value is -0.730. The lowest BCUT2D eigenvalue weighted by molar-refractivity contribution is 0.404. The molecular formula is C14H20ClNO. The number of hydrogen-bond donors (Lipinski definition) is 1. The molecule has 3 heteroatoms. The monoisotopic (exact) mass is 253 g/mol. The molecule has 0 aliphatic heterocycles. The molecule has 0 aromatic heterocycles. The van der Waals surface area contributed by atoms with E-state index in [4.69, 9.17) is 22.1 Å². The quantitative estimate of drug-likeness (QED) is 0.893. The van der Waals surface area contributed by atoms with Gasteiger partial charge in [-0.2, -0.15) is 0 Å². The first-order valence-corrected chi connectivity index (χ1v) is 6.64. The molecule has 0 atom stereocenters. The van der Waals surface area contributed by atoms with Crippen LogP contribution in [0.25, 0.3) is 0 Å². The molecule has 94 valence electrons. The topological polar surface area (TPSA) is 35.2 Å². The molecule has 2 N–H and O–H groups in total. The maximum absolute atomic E-state index is 6.45. The second kappa shape index (κ2) is 4.87. The van der Waals surface area contributed by atoms with E-state index in [1.165, 1.54) is 12.8 Å². The van der Waals surface area contributed by atoms with Gasteiger partial charge in [-0.15, -0.1) is 0 Å². The van der Waals surface area contributed by atoms with Crippen molar-refractivity contribution < 1.29 is 4.74 Å². The van der Waals surface area contributed by atoms with Crippen LogP contribution in [0.15, 0.2) is 12.1 Å².